The second-order valence-electron chi connectivity index (χ2n) is 5.62. The van der Waals surface area contributed by atoms with Crippen molar-refractivity contribution < 1.29 is 22.7 Å². The average molecular weight is 316 g/mol. The number of anilines is 1. The van der Waals surface area contributed by atoms with Crippen molar-refractivity contribution in [1.29, 1.82) is 0 Å². The number of carbonyl (C=O) groups is 1. The minimum atomic E-state index is -4.44. The molecule has 1 aliphatic rings. The first-order valence-electron chi connectivity index (χ1n) is 6.97. The predicted molar refractivity (Wildman–Crippen MR) is 76.6 cm³/mol. The van der Waals surface area contributed by atoms with Gasteiger partial charge in [-0.05, 0) is 37.6 Å². The molecule has 1 amide bonds. The van der Waals surface area contributed by atoms with Gasteiger partial charge in [0.1, 0.15) is 0 Å². The first-order valence-corrected chi connectivity index (χ1v) is 6.97. The van der Waals surface area contributed by atoms with Crippen LogP contribution < -0.4 is 10.6 Å². The lowest BCUT2D eigenvalue weighted by Gasteiger charge is -2.26. The van der Waals surface area contributed by atoms with Crippen LogP contribution in [0.15, 0.2) is 18.2 Å². The molecule has 0 aromatic heterocycles. The summed E-state index contributed by atoms with van der Waals surface area (Å²) in [6.07, 6.45) is -3.85. The molecule has 2 N–H and O–H groups in total. The number of benzene rings is 1. The van der Waals surface area contributed by atoms with Crippen LogP contribution in [0.25, 0.3) is 0 Å². The van der Waals surface area contributed by atoms with Gasteiger partial charge >= 0.3 is 6.18 Å². The van der Waals surface area contributed by atoms with Crippen LogP contribution in [0.4, 0.5) is 18.9 Å². The van der Waals surface area contributed by atoms with E-state index in [2.05, 4.69) is 10.6 Å². The highest BCUT2D eigenvalue weighted by Crippen LogP contribution is 2.34. The van der Waals surface area contributed by atoms with E-state index < -0.39 is 17.2 Å². The lowest BCUT2D eigenvalue weighted by Crippen LogP contribution is -2.41. The number of methoxy groups -OCH3 is 1. The van der Waals surface area contributed by atoms with Crippen LogP contribution >= 0.6 is 0 Å². The van der Waals surface area contributed by atoms with Crippen LogP contribution in [0.1, 0.15) is 17.5 Å². The second-order valence-corrected chi connectivity index (χ2v) is 5.62. The van der Waals surface area contributed by atoms with Crippen LogP contribution in [0.5, 0.6) is 0 Å². The number of aryl methyl sites for hydroxylation is 1. The molecule has 0 radical (unpaired) electrons. The molecule has 0 bridgehead atoms. The van der Waals surface area contributed by atoms with Crippen LogP contribution in [0.2, 0.25) is 0 Å². The van der Waals surface area contributed by atoms with E-state index in [4.69, 9.17) is 4.74 Å². The van der Waals surface area contributed by atoms with Crippen molar-refractivity contribution in [3.63, 3.8) is 0 Å². The molecule has 7 heteroatoms. The van der Waals surface area contributed by atoms with Crippen molar-refractivity contribution in [1.82, 2.24) is 5.32 Å². The van der Waals surface area contributed by atoms with Gasteiger partial charge in [-0.15, -0.1) is 0 Å². The molecule has 1 aromatic carbocycles. The Labute approximate surface area is 127 Å². The van der Waals surface area contributed by atoms with E-state index >= 15 is 0 Å². The smallest absolute Gasteiger partial charge is 0.384 e. The number of alkyl halides is 3. The molecule has 1 atom stereocenters. The zero-order valence-electron chi connectivity index (χ0n) is 12.5. The van der Waals surface area contributed by atoms with Gasteiger partial charge in [0.2, 0.25) is 5.91 Å². The van der Waals surface area contributed by atoms with Gasteiger partial charge in [0.15, 0.2) is 0 Å². The molecule has 22 heavy (non-hydrogen) atoms. The minimum absolute atomic E-state index is 0.125. The normalized spacial score (nSPS) is 21.9. The Bertz CT molecular complexity index is 552. The lowest BCUT2D eigenvalue weighted by molar-refractivity contribution is -0.138. The first-order chi connectivity index (χ1) is 10.3. The van der Waals surface area contributed by atoms with Crippen LogP contribution in [-0.4, -0.2) is 32.7 Å². The number of rotatable bonds is 4. The molecule has 122 valence electrons. The molecule has 2 rings (SSSR count). The molecule has 1 unspecified atom stereocenters. The third kappa shape index (κ3) is 3.41. The number of nitrogens with one attached hydrogen (secondary N) is 2. The van der Waals surface area contributed by atoms with Gasteiger partial charge < -0.3 is 15.4 Å². The van der Waals surface area contributed by atoms with Crippen LogP contribution in [-0.2, 0) is 15.7 Å². The van der Waals surface area contributed by atoms with E-state index in [0.717, 1.165) is 6.07 Å². The van der Waals surface area contributed by atoms with E-state index in [0.29, 0.717) is 19.5 Å². The van der Waals surface area contributed by atoms with Gasteiger partial charge in [-0.1, -0.05) is 6.07 Å². The largest absolute Gasteiger partial charge is 0.416 e. The van der Waals surface area contributed by atoms with Crippen molar-refractivity contribution in [2.24, 2.45) is 5.41 Å². The van der Waals surface area contributed by atoms with Crippen molar-refractivity contribution >= 4 is 11.6 Å². The molecule has 1 aromatic rings. The fraction of sp³-hybridized carbons (Fsp3) is 0.533. The Balaban J connectivity index is 2.21. The molecule has 4 nitrogen and oxygen atoms in total. The summed E-state index contributed by atoms with van der Waals surface area (Å²) in [5.74, 6) is -0.323. The quantitative estimate of drug-likeness (QED) is 0.898. The third-order valence-corrected chi connectivity index (χ3v) is 3.95. The van der Waals surface area contributed by atoms with Gasteiger partial charge in [-0.3, -0.25) is 4.79 Å². The van der Waals surface area contributed by atoms with E-state index in [1.165, 1.54) is 26.2 Å². The summed E-state index contributed by atoms with van der Waals surface area (Å²) in [6, 6.07) is 3.80. The maximum atomic E-state index is 12.9. The highest BCUT2D eigenvalue weighted by atomic mass is 19.4. The highest BCUT2D eigenvalue weighted by molar-refractivity contribution is 5.96. The minimum Gasteiger partial charge on any atom is -0.384 e. The Hall–Kier alpha value is -1.60. The molecular weight excluding hydrogens is 297 g/mol. The summed E-state index contributed by atoms with van der Waals surface area (Å²) < 4.78 is 43.9. The topological polar surface area (TPSA) is 50.4 Å². The first kappa shape index (κ1) is 16.8. The molecule has 0 aliphatic carbocycles. The number of carbonyl (C=O) groups excluding carboxylic acids is 1. The van der Waals surface area contributed by atoms with Crippen LogP contribution in [0.3, 0.4) is 0 Å². The third-order valence-electron chi connectivity index (χ3n) is 3.95. The highest BCUT2D eigenvalue weighted by Gasteiger charge is 2.41. The lowest BCUT2D eigenvalue weighted by atomic mass is 9.87. The molecule has 1 fully saturated rings. The average Bonchev–Trinajstić information content (AvgIpc) is 2.90. The number of hydrogen-bond donors (Lipinski definition) is 2. The summed E-state index contributed by atoms with van der Waals surface area (Å²) >= 11 is 0. The Kier molecular flexibility index (Phi) is 4.77. The molecule has 0 spiro atoms. The van der Waals surface area contributed by atoms with Gasteiger partial charge in [-0.25, -0.2) is 0 Å². The van der Waals surface area contributed by atoms with E-state index in [1.807, 2.05) is 0 Å². The van der Waals surface area contributed by atoms with Crippen molar-refractivity contribution in [3.8, 4) is 0 Å². The molecule has 1 saturated heterocycles. The molecular formula is C15H19F3N2O2. The van der Waals surface area contributed by atoms with E-state index in [9.17, 15) is 18.0 Å². The van der Waals surface area contributed by atoms with Crippen molar-refractivity contribution in [2.75, 3.05) is 32.1 Å². The fourth-order valence-electron chi connectivity index (χ4n) is 2.67. The molecule has 1 aliphatic heterocycles. The van der Waals surface area contributed by atoms with Crippen LogP contribution in [0, 0.1) is 12.3 Å². The van der Waals surface area contributed by atoms with E-state index in [1.54, 1.807) is 0 Å². The number of halogens is 3. The molecule has 0 saturated carbocycles. The Morgan fingerprint density at radius 1 is 1.45 bits per heavy atom. The maximum absolute atomic E-state index is 12.9. The van der Waals surface area contributed by atoms with Gasteiger partial charge in [0.25, 0.3) is 0 Å². The fourth-order valence-corrected chi connectivity index (χ4v) is 2.67. The zero-order valence-corrected chi connectivity index (χ0v) is 12.5. The van der Waals surface area contributed by atoms with Crippen molar-refractivity contribution in [3.05, 3.63) is 29.3 Å². The SMILES string of the molecule is COCC1(C(=O)Nc2ccc(C)c(C(F)(F)F)c2)CCNC1. The zero-order chi connectivity index (χ0) is 16.4. The summed E-state index contributed by atoms with van der Waals surface area (Å²) in [4.78, 5) is 12.5. The number of amides is 1. The number of hydrogen-bond acceptors (Lipinski definition) is 3. The van der Waals surface area contributed by atoms with Gasteiger partial charge in [0, 0.05) is 19.3 Å². The Morgan fingerprint density at radius 3 is 2.73 bits per heavy atom. The Morgan fingerprint density at radius 2 is 2.18 bits per heavy atom. The standard InChI is InChI=1S/C15H19F3N2O2/c1-10-3-4-11(7-12(10)15(16,17)18)20-13(21)14(9-22-2)5-6-19-8-14/h3-4,7,19H,5-6,8-9H2,1-2H3,(H,20,21). The van der Waals surface area contributed by atoms with Crippen molar-refractivity contribution in [2.45, 2.75) is 19.5 Å². The van der Waals surface area contributed by atoms with E-state index in [-0.39, 0.29) is 23.8 Å². The summed E-state index contributed by atoms with van der Waals surface area (Å²) in [7, 11) is 1.50. The summed E-state index contributed by atoms with van der Waals surface area (Å²) in [5, 5.41) is 5.68. The molecule has 1 heterocycles. The second kappa shape index (κ2) is 6.26. The number of ether oxygens (including phenoxy) is 1. The van der Waals surface area contributed by atoms with Gasteiger partial charge in [0.05, 0.1) is 17.6 Å². The van der Waals surface area contributed by atoms with Gasteiger partial charge in [-0.2, -0.15) is 13.2 Å². The predicted octanol–water partition coefficient (Wildman–Crippen LogP) is 2.58. The maximum Gasteiger partial charge on any atom is 0.416 e. The summed E-state index contributed by atoms with van der Waals surface area (Å²) in [6.45, 7) is 2.74. The summed E-state index contributed by atoms with van der Waals surface area (Å²) in [5.41, 5.74) is -1.21. The monoisotopic (exact) mass is 316 g/mol.